The number of nitrogens with zero attached hydrogens (tertiary/aromatic N) is 6. The summed E-state index contributed by atoms with van der Waals surface area (Å²) in [6.07, 6.45) is 10.6. The Morgan fingerprint density at radius 2 is 2.07 bits per heavy atom. The van der Waals surface area contributed by atoms with Gasteiger partial charge in [-0.1, -0.05) is 31.2 Å². The normalized spacial score (nSPS) is 25.3. The molecular formula is C21H23N7O. The van der Waals surface area contributed by atoms with Gasteiger partial charge in [0.2, 0.25) is 5.82 Å². The summed E-state index contributed by atoms with van der Waals surface area (Å²) in [5.41, 5.74) is 0.873. The summed E-state index contributed by atoms with van der Waals surface area (Å²) in [4.78, 5) is 26.0. The fraction of sp³-hybridized carbons (Fsp3) is 0.333. The van der Waals surface area contributed by atoms with Gasteiger partial charge in [-0.25, -0.2) is 14.7 Å². The van der Waals surface area contributed by atoms with Gasteiger partial charge >= 0.3 is 0 Å². The van der Waals surface area contributed by atoms with Gasteiger partial charge in [-0.3, -0.25) is 4.79 Å². The molecule has 8 nitrogen and oxygen atoms in total. The van der Waals surface area contributed by atoms with Crippen molar-refractivity contribution >= 4 is 11.7 Å². The zero-order valence-electron chi connectivity index (χ0n) is 16.2. The van der Waals surface area contributed by atoms with Crippen molar-refractivity contribution in [2.75, 3.05) is 13.1 Å². The van der Waals surface area contributed by atoms with E-state index in [-0.39, 0.29) is 23.8 Å². The average molecular weight is 389 g/mol. The van der Waals surface area contributed by atoms with E-state index in [4.69, 9.17) is 0 Å². The molecule has 1 amide bonds. The lowest BCUT2D eigenvalue weighted by Gasteiger charge is -2.34. The summed E-state index contributed by atoms with van der Waals surface area (Å²) in [6.45, 7) is 3.83. The zero-order chi connectivity index (χ0) is 19.8. The molecular weight excluding hydrogens is 366 g/mol. The van der Waals surface area contributed by atoms with E-state index >= 15 is 0 Å². The number of fused-ring (bicyclic) bond motifs is 1. The van der Waals surface area contributed by atoms with Crippen molar-refractivity contribution < 1.29 is 4.79 Å². The molecule has 148 valence electrons. The lowest BCUT2D eigenvalue weighted by atomic mass is 10.0. The topological polar surface area (TPSA) is 78.6 Å². The van der Waals surface area contributed by atoms with Crippen LogP contribution in [0, 0.1) is 5.92 Å². The third-order valence-corrected chi connectivity index (χ3v) is 5.65. The zero-order valence-corrected chi connectivity index (χ0v) is 16.2. The van der Waals surface area contributed by atoms with Crippen molar-refractivity contribution in [3.8, 4) is 5.69 Å². The molecule has 0 bridgehead atoms. The van der Waals surface area contributed by atoms with Crippen LogP contribution in [-0.4, -0.2) is 61.5 Å². The van der Waals surface area contributed by atoms with Crippen LogP contribution in [0.5, 0.6) is 0 Å². The largest absolute Gasteiger partial charge is 0.356 e. The second-order valence-electron chi connectivity index (χ2n) is 7.63. The Kier molecular flexibility index (Phi) is 4.38. The van der Waals surface area contributed by atoms with E-state index in [2.05, 4.69) is 49.4 Å². The molecule has 8 heteroatoms. The first-order valence-corrected chi connectivity index (χ1v) is 9.92. The van der Waals surface area contributed by atoms with E-state index in [0.717, 1.165) is 31.0 Å². The minimum Gasteiger partial charge on any atom is -0.356 e. The minimum absolute atomic E-state index is 0.0536. The van der Waals surface area contributed by atoms with E-state index in [1.807, 2.05) is 42.7 Å². The van der Waals surface area contributed by atoms with Crippen LogP contribution in [0.4, 0.5) is 0 Å². The average Bonchev–Trinajstić information content (AvgIpc) is 3.49. The number of amides is 1. The number of carbonyl (C=O) groups is 1. The Hall–Kier alpha value is -3.42. The Morgan fingerprint density at radius 3 is 2.93 bits per heavy atom. The van der Waals surface area contributed by atoms with E-state index in [0.29, 0.717) is 5.92 Å². The summed E-state index contributed by atoms with van der Waals surface area (Å²) in [5.74, 6) is 1.44. The monoisotopic (exact) mass is 389 g/mol. The highest BCUT2D eigenvalue weighted by Gasteiger charge is 2.37. The molecule has 0 saturated carbocycles. The first-order valence-electron chi connectivity index (χ1n) is 9.92. The highest BCUT2D eigenvalue weighted by Crippen LogP contribution is 2.28. The van der Waals surface area contributed by atoms with Crippen LogP contribution in [0.15, 0.2) is 66.3 Å². The van der Waals surface area contributed by atoms with E-state index in [1.54, 1.807) is 11.0 Å². The molecule has 3 aliphatic heterocycles. The molecule has 5 rings (SSSR count). The first-order chi connectivity index (χ1) is 14.2. The molecule has 1 aromatic heterocycles. The molecule has 2 aromatic rings. The van der Waals surface area contributed by atoms with Crippen LogP contribution in [0.1, 0.15) is 24.0 Å². The number of rotatable bonds is 3. The lowest BCUT2D eigenvalue weighted by molar-refractivity contribution is 0.0928. The van der Waals surface area contributed by atoms with Gasteiger partial charge in [-0.15, -0.1) is 5.10 Å². The van der Waals surface area contributed by atoms with Gasteiger partial charge in [0.05, 0.1) is 11.7 Å². The van der Waals surface area contributed by atoms with Crippen molar-refractivity contribution in [3.63, 3.8) is 0 Å². The van der Waals surface area contributed by atoms with Crippen LogP contribution >= 0.6 is 0 Å². The first kappa shape index (κ1) is 17.7. The van der Waals surface area contributed by atoms with Crippen molar-refractivity contribution in [1.29, 1.82) is 0 Å². The minimum atomic E-state index is -0.241. The number of aromatic nitrogens is 3. The van der Waals surface area contributed by atoms with E-state index in [9.17, 15) is 4.79 Å². The lowest BCUT2D eigenvalue weighted by Crippen LogP contribution is -2.47. The fourth-order valence-electron chi connectivity index (χ4n) is 4.16. The second-order valence-corrected chi connectivity index (χ2v) is 7.63. The number of amidine groups is 1. The summed E-state index contributed by atoms with van der Waals surface area (Å²) in [6, 6.07) is 9.94. The Bertz CT molecular complexity index is 993. The standard InChI is InChI=1S/C21H23N7O/c1-15-7-10-26-12-9-22-20(18(15)26)27-11-8-16(13-27)24-21(29)19-23-14-28(25-19)17-5-3-2-4-6-17/h2-7,9-10,12,14-16,18H,8,11,13H2,1H3,(H,24,29)/t15?,16-,18?/m0/s1. The molecule has 1 aromatic carbocycles. The number of likely N-dealkylation sites (tertiary alicyclic amines) is 1. The van der Waals surface area contributed by atoms with Gasteiger partial charge in [0.25, 0.3) is 5.91 Å². The third kappa shape index (κ3) is 3.30. The number of hydrogen-bond donors (Lipinski definition) is 1. The molecule has 3 atom stereocenters. The van der Waals surface area contributed by atoms with Gasteiger partial charge in [-0.2, -0.15) is 0 Å². The highest BCUT2D eigenvalue weighted by atomic mass is 16.2. The fourth-order valence-corrected chi connectivity index (χ4v) is 4.16. The molecule has 0 spiro atoms. The van der Waals surface area contributed by atoms with Gasteiger partial charge in [0.1, 0.15) is 12.2 Å². The summed E-state index contributed by atoms with van der Waals surface area (Å²) in [7, 11) is 0. The van der Waals surface area contributed by atoms with Crippen LogP contribution in [-0.2, 0) is 0 Å². The van der Waals surface area contributed by atoms with Gasteiger partial charge < -0.3 is 15.1 Å². The number of aliphatic imine (C=N–C) groups is 1. The Morgan fingerprint density at radius 1 is 1.21 bits per heavy atom. The number of benzene rings is 1. The molecule has 1 N–H and O–H groups in total. The summed E-state index contributed by atoms with van der Waals surface area (Å²) < 4.78 is 1.61. The Labute approximate surface area is 169 Å². The molecule has 3 aliphatic rings. The quantitative estimate of drug-likeness (QED) is 0.866. The number of carbonyl (C=O) groups excluding carboxylic acids is 1. The predicted molar refractivity (Wildman–Crippen MR) is 109 cm³/mol. The SMILES string of the molecule is CC1C=CN2C=CN=C(N3CC[C@H](NC(=O)c4ncn(-c5ccccc5)n4)C3)C12. The van der Waals surface area contributed by atoms with Crippen LogP contribution in [0.25, 0.3) is 5.69 Å². The van der Waals surface area contributed by atoms with E-state index in [1.165, 1.54) is 0 Å². The molecule has 0 aliphatic carbocycles. The maximum Gasteiger partial charge on any atom is 0.291 e. The van der Waals surface area contributed by atoms with Crippen LogP contribution < -0.4 is 5.32 Å². The maximum absolute atomic E-state index is 12.6. The predicted octanol–water partition coefficient (Wildman–Crippen LogP) is 1.79. The van der Waals surface area contributed by atoms with Crippen molar-refractivity contribution in [1.82, 2.24) is 29.9 Å². The van der Waals surface area contributed by atoms with Gasteiger partial charge in [0, 0.05) is 43.6 Å². The maximum atomic E-state index is 12.6. The van der Waals surface area contributed by atoms with Gasteiger partial charge in [-0.05, 0) is 18.6 Å². The van der Waals surface area contributed by atoms with Crippen LogP contribution in [0.2, 0.25) is 0 Å². The van der Waals surface area contributed by atoms with Crippen molar-refractivity contribution in [2.45, 2.75) is 25.4 Å². The molecule has 2 unspecified atom stereocenters. The molecule has 1 fully saturated rings. The number of para-hydroxylation sites is 1. The third-order valence-electron chi connectivity index (χ3n) is 5.65. The smallest absolute Gasteiger partial charge is 0.291 e. The van der Waals surface area contributed by atoms with Crippen molar-refractivity contribution in [3.05, 3.63) is 67.2 Å². The molecule has 4 heterocycles. The van der Waals surface area contributed by atoms with Crippen LogP contribution in [0.3, 0.4) is 0 Å². The molecule has 1 saturated heterocycles. The van der Waals surface area contributed by atoms with Gasteiger partial charge in [0.15, 0.2) is 0 Å². The summed E-state index contributed by atoms with van der Waals surface area (Å²) in [5, 5.41) is 7.40. The summed E-state index contributed by atoms with van der Waals surface area (Å²) >= 11 is 0. The van der Waals surface area contributed by atoms with E-state index < -0.39 is 0 Å². The second kappa shape index (κ2) is 7.20. The molecule has 29 heavy (non-hydrogen) atoms. The highest BCUT2D eigenvalue weighted by molar-refractivity contribution is 5.92. The Balaban J connectivity index is 1.23. The molecule has 0 radical (unpaired) electrons. The number of nitrogens with one attached hydrogen (secondary N) is 1. The van der Waals surface area contributed by atoms with Crippen molar-refractivity contribution in [2.24, 2.45) is 10.9 Å². The number of hydrogen-bond acceptors (Lipinski definition) is 6.